The standard InChI is InChI=1S/C15H20N2O3S/c1-11-8-12(17-6-2-3-7-17)4-5-13(11)16-14(18)9-21-10-15(19)20/h4-5,8H,2-3,6-7,9-10H2,1H3,(H,16,18)(H,19,20). The van der Waals surface area contributed by atoms with Gasteiger partial charge in [0.15, 0.2) is 0 Å². The molecule has 0 aliphatic carbocycles. The van der Waals surface area contributed by atoms with E-state index >= 15 is 0 Å². The Balaban J connectivity index is 1.91. The Labute approximate surface area is 128 Å². The monoisotopic (exact) mass is 308 g/mol. The summed E-state index contributed by atoms with van der Waals surface area (Å²) in [5, 5.41) is 11.4. The molecule has 114 valence electrons. The maximum Gasteiger partial charge on any atom is 0.313 e. The summed E-state index contributed by atoms with van der Waals surface area (Å²) < 4.78 is 0. The minimum atomic E-state index is -0.904. The number of benzene rings is 1. The predicted molar refractivity (Wildman–Crippen MR) is 86.2 cm³/mol. The number of carbonyl (C=O) groups excluding carboxylic acids is 1. The third kappa shape index (κ3) is 4.67. The molecule has 21 heavy (non-hydrogen) atoms. The van der Waals surface area contributed by atoms with Crippen LogP contribution in [0.15, 0.2) is 18.2 Å². The molecule has 1 amide bonds. The average Bonchev–Trinajstić information content (AvgIpc) is 2.94. The van der Waals surface area contributed by atoms with Gasteiger partial charge in [0, 0.05) is 24.5 Å². The number of thioether (sulfide) groups is 1. The minimum absolute atomic E-state index is 0.0553. The highest BCUT2D eigenvalue weighted by Crippen LogP contribution is 2.25. The van der Waals surface area contributed by atoms with Gasteiger partial charge in [-0.2, -0.15) is 0 Å². The highest BCUT2D eigenvalue weighted by atomic mass is 32.2. The highest BCUT2D eigenvalue weighted by molar-refractivity contribution is 8.00. The lowest BCUT2D eigenvalue weighted by Gasteiger charge is -2.19. The van der Waals surface area contributed by atoms with Gasteiger partial charge in [0.05, 0.1) is 11.5 Å². The van der Waals surface area contributed by atoms with E-state index in [1.807, 2.05) is 19.1 Å². The van der Waals surface area contributed by atoms with Crippen LogP contribution < -0.4 is 10.2 Å². The Bertz CT molecular complexity index is 528. The second kappa shape index (κ2) is 7.36. The number of aryl methyl sites for hydroxylation is 1. The second-order valence-electron chi connectivity index (χ2n) is 5.13. The summed E-state index contributed by atoms with van der Waals surface area (Å²) in [6, 6.07) is 6.03. The molecule has 1 saturated heterocycles. The first kappa shape index (κ1) is 15.7. The highest BCUT2D eigenvalue weighted by Gasteiger charge is 2.13. The van der Waals surface area contributed by atoms with Gasteiger partial charge in [0.1, 0.15) is 0 Å². The van der Waals surface area contributed by atoms with E-state index in [1.165, 1.54) is 18.5 Å². The molecule has 1 heterocycles. The molecule has 1 fully saturated rings. The third-order valence-corrected chi connectivity index (χ3v) is 4.33. The maximum absolute atomic E-state index is 11.8. The number of aliphatic carboxylic acids is 1. The number of anilines is 2. The number of nitrogens with one attached hydrogen (secondary N) is 1. The Kier molecular flexibility index (Phi) is 5.50. The van der Waals surface area contributed by atoms with Crippen molar-refractivity contribution in [3.05, 3.63) is 23.8 Å². The number of hydrogen-bond donors (Lipinski definition) is 2. The maximum atomic E-state index is 11.8. The molecule has 0 bridgehead atoms. The van der Waals surface area contributed by atoms with E-state index < -0.39 is 5.97 Å². The fraction of sp³-hybridized carbons (Fsp3) is 0.467. The van der Waals surface area contributed by atoms with Crippen molar-refractivity contribution in [2.75, 3.05) is 34.8 Å². The second-order valence-corrected chi connectivity index (χ2v) is 6.11. The van der Waals surface area contributed by atoms with Gasteiger partial charge in [-0.3, -0.25) is 9.59 Å². The first-order valence-corrected chi connectivity index (χ1v) is 8.17. The Morgan fingerprint density at radius 3 is 2.62 bits per heavy atom. The molecule has 5 nitrogen and oxygen atoms in total. The summed E-state index contributed by atoms with van der Waals surface area (Å²) in [5.74, 6) is -0.975. The van der Waals surface area contributed by atoms with Gasteiger partial charge in [-0.25, -0.2) is 0 Å². The molecular formula is C15H20N2O3S. The Morgan fingerprint density at radius 2 is 2.00 bits per heavy atom. The first-order chi connectivity index (χ1) is 10.1. The SMILES string of the molecule is Cc1cc(N2CCCC2)ccc1NC(=O)CSCC(=O)O. The molecular weight excluding hydrogens is 288 g/mol. The van der Waals surface area contributed by atoms with Crippen molar-refractivity contribution in [2.45, 2.75) is 19.8 Å². The van der Waals surface area contributed by atoms with E-state index in [0.717, 1.165) is 36.1 Å². The first-order valence-electron chi connectivity index (χ1n) is 7.01. The largest absolute Gasteiger partial charge is 0.481 e. The molecule has 0 aromatic heterocycles. The van der Waals surface area contributed by atoms with Gasteiger partial charge >= 0.3 is 5.97 Å². The van der Waals surface area contributed by atoms with Gasteiger partial charge in [0.25, 0.3) is 0 Å². The van der Waals surface area contributed by atoms with Crippen LogP contribution in [0.2, 0.25) is 0 Å². The van der Waals surface area contributed by atoms with Crippen molar-refractivity contribution in [1.29, 1.82) is 0 Å². The van der Waals surface area contributed by atoms with Gasteiger partial charge in [-0.1, -0.05) is 0 Å². The molecule has 2 rings (SSSR count). The summed E-state index contributed by atoms with van der Waals surface area (Å²) >= 11 is 1.10. The summed E-state index contributed by atoms with van der Waals surface area (Å²) in [4.78, 5) is 24.5. The van der Waals surface area contributed by atoms with E-state index in [0.29, 0.717) is 0 Å². The van der Waals surface area contributed by atoms with Crippen LogP contribution in [0.5, 0.6) is 0 Å². The zero-order chi connectivity index (χ0) is 15.2. The van der Waals surface area contributed by atoms with E-state index in [9.17, 15) is 9.59 Å². The number of amides is 1. The van der Waals surface area contributed by atoms with E-state index in [1.54, 1.807) is 0 Å². The van der Waals surface area contributed by atoms with Crippen LogP contribution in [0.4, 0.5) is 11.4 Å². The number of rotatable bonds is 6. The van der Waals surface area contributed by atoms with Crippen molar-refractivity contribution < 1.29 is 14.7 Å². The van der Waals surface area contributed by atoms with Gasteiger partial charge < -0.3 is 15.3 Å². The summed E-state index contributed by atoms with van der Waals surface area (Å²) in [5.41, 5.74) is 3.01. The van der Waals surface area contributed by atoms with Crippen LogP contribution in [0.1, 0.15) is 18.4 Å². The molecule has 0 atom stereocenters. The van der Waals surface area contributed by atoms with Crippen molar-refractivity contribution in [3.63, 3.8) is 0 Å². The molecule has 1 aromatic carbocycles. The average molecular weight is 308 g/mol. The molecule has 0 unspecified atom stereocenters. The van der Waals surface area contributed by atoms with E-state index in [4.69, 9.17) is 5.11 Å². The molecule has 1 aliphatic heterocycles. The normalized spacial score (nSPS) is 14.2. The minimum Gasteiger partial charge on any atom is -0.481 e. The van der Waals surface area contributed by atoms with Gasteiger partial charge in [-0.15, -0.1) is 11.8 Å². The number of carbonyl (C=O) groups is 2. The van der Waals surface area contributed by atoms with E-state index in [2.05, 4.69) is 16.3 Å². The quantitative estimate of drug-likeness (QED) is 0.844. The zero-order valence-electron chi connectivity index (χ0n) is 12.1. The lowest BCUT2D eigenvalue weighted by molar-refractivity contribution is -0.133. The molecule has 0 radical (unpaired) electrons. The fourth-order valence-electron chi connectivity index (χ4n) is 2.38. The van der Waals surface area contributed by atoms with Crippen molar-refractivity contribution >= 4 is 35.0 Å². The van der Waals surface area contributed by atoms with Crippen molar-refractivity contribution in [1.82, 2.24) is 0 Å². The van der Waals surface area contributed by atoms with Crippen LogP contribution in [0.3, 0.4) is 0 Å². The van der Waals surface area contributed by atoms with Crippen LogP contribution in [0, 0.1) is 6.92 Å². The predicted octanol–water partition coefficient (Wildman–Crippen LogP) is 2.35. The van der Waals surface area contributed by atoms with Gasteiger partial charge in [-0.05, 0) is 43.5 Å². The topological polar surface area (TPSA) is 69.6 Å². The van der Waals surface area contributed by atoms with Crippen LogP contribution in [-0.4, -0.2) is 41.6 Å². The molecule has 1 aliphatic rings. The number of nitrogens with zero attached hydrogens (tertiary/aromatic N) is 1. The molecule has 2 N–H and O–H groups in total. The Morgan fingerprint density at radius 1 is 1.29 bits per heavy atom. The van der Waals surface area contributed by atoms with Crippen LogP contribution >= 0.6 is 11.8 Å². The number of carboxylic acids is 1. The third-order valence-electron chi connectivity index (χ3n) is 3.41. The molecule has 1 aromatic rings. The lowest BCUT2D eigenvalue weighted by atomic mass is 10.1. The molecule has 0 saturated carbocycles. The number of hydrogen-bond acceptors (Lipinski definition) is 4. The lowest BCUT2D eigenvalue weighted by Crippen LogP contribution is -2.19. The Hall–Kier alpha value is -1.69. The summed E-state index contributed by atoms with van der Waals surface area (Å²) in [7, 11) is 0. The van der Waals surface area contributed by atoms with Crippen molar-refractivity contribution in [2.24, 2.45) is 0 Å². The van der Waals surface area contributed by atoms with Crippen molar-refractivity contribution in [3.8, 4) is 0 Å². The van der Waals surface area contributed by atoms with E-state index in [-0.39, 0.29) is 17.4 Å². The molecule has 6 heteroatoms. The summed E-state index contributed by atoms with van der Waals surface area (Å²) in [6.07, 6.45) is 2.47. The molecule has 0 spiro atoms. The number of carboxylic acid groups (broad SMARTS) is 1. The summed E-state index contributed by atoms with van der Waals surface area (Å²) in [6.45, 7) is 4.16. The zero-order valence-corrected chi connectivity index (χ0v) is 12.9. The fourth-order valence-corrected chi connectivity index (χ4v) is 2.91. The van der Waals surface area contributed by atoms with Crippen LogP contribution in [-0.2, 0) is 9.59 Å². The van der Waals surface area contributed by atoms with Crippen LogP contribution in [0.25, 0.3) is 0 Å². The van der Waals surface area contributed by atoms with Gasteiger partial charge in [0.2, 0.25) is 5.91 Å². The smallest absolute Gasteiger partial charge is 0.313 e.